The van der Waals surface area contributed by atoms with E-state index in [9.17, 15) is 18.8 Å². The quantitative estimate of drug-likeness (QED) is 0.505. The van der Waals surface area contributed by atoms with Crippen LogP contribution in [0.3, 0.4) is 0 Å². The van der Waals surface area contributed by atoms with Crippen molar-refractivity contribution in [1.82, 2.24) is 19.2 Å². The highest BCUT2D eigenvalue weighted by Gasteiger charge is 2.14. The Balaban J connectivity index is 1.55. The first-order valence-electron chi connectivity index (χ1n) is 9.06. The van der Waals surface area contributed by atoms with Gasteiger partial charge in [-0.25, -0.2) is 28.0 Å². The predicted molar refractivity (Wildman–Crippen MR) is 106 cm³/mol. The molecular formula is C20H16FN5O4. The number of aromatic nitrogens is 4. The first-order valence-corrected chi connectivity index (χ1v) is 9.06. The smallest absolute Gasteiger partial charge is 0.352 e. The molecule has 10 heteroatoms. The first-order chi connectivity index (χ1) is 14.5. The van der Waals surface area contributed by atoms with Crippen LogP contribution in [0, 0.1) is 5.82 Å². The van der Waals surface area contributed by atoms with E-state index in [4.69, 9.17) is 4.74 Å². The topological polar surface area (TPSA) is 108 Å². The molecule has 0 unspecified atom stereocenters. The van der Waals surface area contributed by atoms with Gasteiger partial charge in [-0.1, -0.05) is 0 Å². The fraction of sp³-hybridized carbons (Fsp3) is 0.150. The van der Waals surface area contributed by atoms with Gasteiger partial charge in [0.25, 0.3) is 0 Å². The Morgan fingerprint density at radius 2 is 1.93 bits per heavy atom. The van der Waals surface area contributed by atoms with Crippen LogP contribution in [0.2, 0.25) is 0 Å². The third kappa shape index (κ3) is 3.62. The van der Waals surface area contributed by atoms with Crippen LogP contribution >= 0.6 is 0 Å². The number of rotatable bonds is 5. The maximum absolute atomic E-state index is 13.6. The Labute approximate surface area is 168 Å². The van der Waals surface area contributed by atoms with Crippen LogP contribution in [0.15, 0.2) is 53.6 Å². The summed E-state index contributed by atoms with van der Waals surface area (Å²) in [7, 11) is 0. The van der Waals surface area contributed by atoms with Crippen molar-refractivity contribution in [2.24, 2.45) is 0 Å². The standard InChI is InChI=1S/C20H16FN5O4/c1-2-30-19(28)12-3-6-14(7-4-12)23-17(27)10-26-20(29)25-11-22-16-8-5-13(21)9-15(16)18(25)24-26/h3-9,11H,2,10H2,1H3,(H,23,27). The normalized spacial score (nSPS) is 11.0. The second kappa shape index (κ2) is 7.74. The van der Waals surface area contributed by atoms with Gasteiger partial charge in [-0.15, -0.1) is 5.10 Å². The highest BCUT2D eigenvalue weighted by Crippen LogP contribution is 2.16. The predicted octanol–water partition coefficient (Wildman–Crippen LogP) is 2.00. The van der Waals surface area contributed by atoms with E-state index in [1.807, 2.05) is 0 Å². The van der Waals surface area contributed by atoms with Gasteiger partial charge in [0.2, 0.25) is 5.91 Å². The van der Waals surface area contributed by atoms with Gasteiger partial charge in [0.1, 0.15) is 18.7 Å². The summed E-state index contributed by atoms with van der Waals surface area (Å²) >= 11 is 0. The molecule has 2 heterocycles. The summed E-state index contributed by atoms with van der Waals surface area (Å²) in [6, 6.07) is 10.1. The zero-order valence-electron chi connectivity index (χ0n) is 15.8. The number of benzene rings is 2. The Morgan fingerprint density at radius 1 is 1.17 bits per heavy atom. The monoisotopic (exact) mass is 409 g/mol. The van der Waals surface area contributed by atoms with Gasteiger partial charge in [-0.05, 0) is 49.4 Å². The van der Waals surface area contributed by atoms with Gasteiger partial charge in [-0.2, -0.15) is 0 Å². The molecule has 0 spiro atoms. The Hall–Kier alpha value is -4.08. The summed E-state index contributed by atoms with van der Waals surface area (Å²) in [4.78, 5) is 40.7. The van der Waals surface area contributed by atoms with Crippen molar-refractivity contribution >= 4 is 34.1 Å². The van der Waals surface area contributed by atoms with Crippen molar-refractivity contribution in [3.8, 4) is 0 Å². The fourth-order valence-electron chi connectivity index (χ4n) is 2.97. The molecule has 2 aromatic heterocycles. The molecule has 1 N–H and O–H groups in total. The van der Waals surface area contributed by atoms with Crippen molar-refractivity contribution in [2.75, 3.05) is 11.9 Å². The number of hydrogen-bond donors (Lipinski definition) is 1. The third-order valence-corrected chi connectivity index (χ3v) is 4.36. The van der Waals surface area contributed by atoms with E-state index in [1.165, 1.54) is 36.7 Å². The van der Waals surface area contributed by atoms with Crippen molar-refractivity contribution in [1.29, 1.82) is 0 Å². The number of esters is 1. The zero-order chi connectivity index (χ0) is 21.3. The number of anilines is 1. The molecule has 0 radical (unpaired) electrons. The van der Waals surface area contributed by atoms with Crippen LogP contribution in [-0.2, 0) is 16.1 Å². The molecule has 0 atom stereocenters. The highest BCUT2D eigenvalue weighted by molar-refractivity contribution is 5.93. The minimum atomic E-state index is -0.573. The van der Waals surface area contributed by atoms with Crippen LogP contribution in [0.25, 0.3) is 16.6 Å². The molecule has 2 aromatic carbocycles. The largest absolute Gasteiger partial charge is 0.462 e. The molecule has 0 aliphatic carbocycles. The van der Waals surface area contributed by atoms with Gasteiger partial charge in [0.15, 0.2) is 5.65 Å². The fourth-order valence-corrected chi connectivity index (χ4v) is 2.97. The number of carbonyl (C=O) groups excluding carboxylic acids is 2. The molecule has 0 bridgehead atoms. The minimum absolute atomic E-state index is 0.205. The maximum atomic E-state index is 13.6. The number of amides is 1. The van der Waals surface area contributed by atoms with Crippen LogP contribution < -0.4 is 11.0 Å². The van der Waals surface area contributed by atoms with Crippen LogP contribution in [-0.4, -0.2) is 37.6 Å². The van der Waals surface area contributed by atoms with E-state index in [-0.39, 0.29) is 18.8 Å². The average molecular weight is 409 g/mol. The molecular weight excluding hydrogens is 393 g/mol. The van der Waals surface area contributed by atoms with Gasteiger partial charge in [0.05, 0.1) is 17.7 Å². The second-order valence-electron chi connectivity index (χ2n) is 6.39. The van der Waals surface area contributed by atoms with Gasteiger partial charge in [0, 0.05) is 11.1 Å². The molecule has 4 rings (SSSR count). The Bertz CT molecular complexity index is 1330. The Morgan fingerprint density at radius 3 is 2.67 bits per heavy atom. The molecule has 0 fully saturated rings. The number of hydrogen-bond acceptors (Lipinski definition) is 6. The number of nitrogens with one attached hydrogen (secondary N) is 1. The maximum Gasteiger partial charge on any atom is 0.352 e. The molecule has 0 saturated carbocycles. The summed E-state index contributed by atoms with van der Waals surface area (Å²) in [5.74, 6) is -1.43. The van der Waals surface area contributed by atoms with Gasteiger partial charge in [-0.3, -0.25) is 4.79 Å². The molecule has 152 valence electrons. The van der Waals surface area contributed by atoms with Gasteiger partial charge >= 0.3 is 11.7 Å². The number of halogens is 1. The van der Waals surface area contributed by atoms with E-state index in [0.717, 1.165) is 9.08 Å². The molecule has 1 amide bonds. The van der Waals surface area contributed by atoms with Crippen LogP contribution in [0.1, 0.15) is 17.3 Å². The van der Waals surface area contributed by atoms with E-state index in [2.05, 4.69) is 15.4 Å². The molecule has 0 aliphatic rings. The van der Waals surface area contributed by atoms with Gasteiger partial charge < -0.3 is 10.1 Å². The lowest BCUT2D eigenvalue weighted by Crippen LogP contribution is -2.28. The molecule has 0 saturated heterocycles. The number of ether oxygens (including phenoxy) is 1. The summed E-state index contributed by atoms with van der Waals surface area (Å²) in [6.45, 7) is 1.63. The summed E-state index contributed by atoms with van der Waals surface area (Å²) in [5.41, 5.74) is 0.914. The Kier molecular flexibility index (Phi) is 4.97. The minimum Gasteiger partial charge on any atom is -0.462 e. The molecule has 30 heavy (non-hydrogen) atoms. The van der Waals surface area contributed by atoms with Crippen molar-refractivity contribution < 1.29 is 18.7 Å². The SMILES string of the molecule is CCOC(=O)c1ccc(NC(=O)Cn2nc3c4cc(F)ccc4ncn3c2=O)cc1. The number of nitrogens with zero attached hydrogens (tertiary/aromatic N) is 4. The van der Waals surface area contributed by atoms with E-state index in [0.29, 0.717) is 22.2 Å². The molecule has 4 aromatic rings. The van der Waals surface area contributed by atoms with Crippen LogP contribution in [0.4, 0.5) is 10.1 Å². The van der Waals surface area contributed by atoms with E-state index in [1.54, 1.807) is 19.1 Å². The van der Waals surface area contributed by atoms with Crippen molar-refractivity contribution in [3.05, 3.63) is 70.7 Å². The second-order valence-corrected chi connectivity index (χ2v) is 6.39. The van der Waals surface area contributed by atoms with E-state index < -0.39 is 23.4 Å². The number of fused-ring (bicyclic) bond motifs is 3. The third-order valence-electron chi connectivity index (χ3n) is 4.36. The number of carbonyl (C=O) groups is 2. The zero-order valence-corrected chi connectivity index (χ0v) is 15.8. The average Bonchev–Trinajstić information content (AvgIpc) is 3.04. The van der Waals surface area contributed by atoms with Crippen LogP contribution in [0.5, 0.6) is 0 Å². The lowest BCUT2D eigenvalue weighted by molar-refractivity contribution is -0.117. The highest BCUT2D eigenvalue weighted by atomic mass is 19.1. The summed E-state index contributed by atoms with van der Waals surface area (Å²) < 4.78 is 20.6. The molecule has 0 aliphatic heterocycles. The van der Waals surface area contributed by atoms with Crippen molar-refractivity contribution in [2.45, 2.75) is 13.5 Å². The summed E-state index contributed by atoms with van der Waals surface area (Å²) in [6.07, 6.45) is 1.29. The lowest BCUT2D eigenvalue weighted by atomic mass is 10.2. The van der Waals surface area contributed by atoms with Crippen molar-refractivity contribution in [3.63, 3.8) is 0 Å². The van der Waals surface area contributed by atoms with E-state index >= 15 is 0 Å². The lowest BCUT2D eigenvalue weighted by Gasteiger charge is -2.06. The first kappa shape index (κ1) is 19.2. The summed E-state index contributed by atoms with van der Waals surface area (Å²) in [5, 5.41) is 7.15. The molecule has 9 nitrogen and oxygen atoms in total.